The van der Waals surface area contributed by atoms with E-state index >= 15 is 0 Å². The first kappa shape index (κ1) is 50.8. The SMILES string of the molecule is CCOCCOc1c2cc(CO)cc1Cc1cc(C(C)(C)C)cc(c1OCCOCC)Cc1cc(CO)cc(c1OCCOCC)Cc1cc(C(C)(C)C)cc(c1OCCOCC)C2. The Bertz CT molecular complexity index is 1850. The molecule has 1 aliphatic carbocycles. The molecule has 2 N–H and O–H groups in total. The lowest BCUT2D eigenvalue weighted by molar-refractivity contribution is 0.108. The lowest BCUT2D eigenvalue weighted by Crippen LogP contribution is -2.17. The summed E-state index contributed by atoms with van der Waals surface area (Å²) < 4.78 is 50.4. The average molecular weight is 885 g/mol. The zero-order valence-corrected chi connectivity index (χ0v) is 40.5. The Kier molecular flexibility index (Phi) is 19.4. The van der Waals surface area contributed by atoms with E-state index in [9.17, 15) is 10.2 Å². The molecule has 0 radical (unpaired) electrons. The second kappa shape index (κ2) is 24.4. The summed E-state index contributed by atoms with van der Waals surface area (Å²) in [6.45, 7) is 26.5. The molecule has 0 unspecified atom stereocenters. The molecule has 10 nitrogen and oxygen atoms in total. The summed E-state index contributed by atoms with van der Waals surface area (Å²) in [7, 11) is 0. The highest BCUT2D eigenvalue weighted by molar-refractivity contribution is 5.59. The van der Waals surface area contributed by atoms with E-state index in [1.165, 1.54) is 0 Å². The molecule has 0 aliphatic heterocycles. The first-order chi connectivity index (χ1) is 30.7. The fourth-order valence-electron chi connectivity index (χ4n) is 8.21. The van der Waals surface area contributed by atoms with E-state index in [4.69, 9.17) is 37.9 Å². The molecule has 4 aromatic rings. The Morgan fingerprint density at radius 3 is 0.766 bits per heavy atom. The van der Waals surface area contributed by atoms with Gasteiger partial charge < -0.3 is 48.1 Å². The van der Waals surface area contributed by atoms with Crippen LogP contribution in [0.5, 0.6) is 23.0 Å². The van der Waals surface area contributed by atoms with Crippen LogP contribution in [0.2, 0.25) is 0 Å². The summed E-state index contributed by atoms with van der Waals surface area (Å²) in [6.07, 6.45) is 1.87. The maximum absolute atomic E-state index is 10.9. The van der Waals surface area contributed by atoms with Crippen LogP contribution in [0.3, 0.4) is 0 Å². The summed E-state index contributed by atoms with van der Waals surface area (Å²) in [5, 5.41) is 21.7. The molecule has 4 aromatic carbocycles. The zero-order valence-electron chi connectivity index (χ0n) is 40.5. The first-order valence-corrected chi connectivity index (χ1v) is 23.4. The number of fused-ring (bicyclic) bond motifs is 8. The minimum Gasteiger partial charge on any atom is -0.491 e. The number of rotatable bonds is 22. The van der Waals surface area contributed by atoms with Crippen molar-refractivity contribution in [1.29, 1.82) is 0 Å². The highest BCUT2D eigenvalue weighted by atomic mass is 16.5. The number of hydrogen-bond acceptors (Lipinski definition) is 10. The fraction of sp³-hybridized carbons (Fsp3) is 0.556. The van der Waals surface area contributed by atoms with E-state index in [2.05, 4.69) is 90.1 Å². The second-order valence-electron chi connectivity index (χ2n) is 18.4. The zero-order chi connectivity index (χ0) is 46.3. The standard InChI is InChI=1S/C54H76O10/c1-11-57-15-19-61-49-39-23-37(35-55)24-40(49)28-44-32-48(54(8,9)10)34-46(52(44)64-22-18-60-14-4)30-42-26-38(36-56)25-41(50(42)62-20-16-58-12-2)29-45-33-47(53(5,6)7)31-43(27-39)51(45)63-21-17-59-13-3/h23-26,31-34,55-56H,11-22,27-30,35-36H2,1-10H3. The monoisotopic (exact) mass is 885 g/mol. The number of ether oxygens (including phenoxy) is 8. The smallest absolute Gasteiger partial charge is 0.126 e. The van der Waals surface area contributed by atoms with Gasteiger partial charge in [0, 0.05) is 52.1 Å². The van der Waals surface area contributed by atoms with Gasteiger partial charge in [0.2, 0.25) is 0 Å². The Morgan fingerprint density at radius 1 is 0.359 bits per heavy atom. The molecule has 0 saturated carbocycles. The van der Waals surface area contributed by atoms with Crippen molar-refractivity contribution in [3.63, 3.8) is 0 Å². The third-order valence-electron chi connectivity index (χ3n) is 11.4. The molecule has 10 heteroatoms. The van der Waals surface area contributed by atoms with Crippen molar-refractivity contribution in [1.82, 2.24) is 0 Å². The van der Waals surface area contributed by atoms with Crippen LogP contribution in [0.4, 0.5) is 0 Å². The van der Waals surface area contributed by atoms with E-state index in [1.807, 2.05) is 27.7 Å². The first-order valence-electron chi connectivity index (χ1n) is 23.4. The van der Waals surface area contributed by atoms with Crippen molar-refractivity contribution >= 4 is 0 Å². The van der Waals surface area contributed by atoms with Crippen LogP contribution in [0.25, 0.3) is 0 Å². The Morgan fingerprint density at radius 2 is 0.578 bits per heavy atom. The third-order valence-corrected chi connectivity index (χ3v) is 11.4. The normalized spacial score (nSPS) is 12.9. The molecule has 5 rings (SSSR count). The van der Waals surface area contributed by atoms with Crippen LogP contribution in [0.1, 0.15) is 136 Å². The highest BCUT2D eigenvalue weighted by Crippen LogP contribution is 2.43. The van der Waals surface area contributed by atoms with Gasteiger partial charge in [-0.15, -0.1) is 0 Å². The van der Waals surface area contributed by atoms with Crippen molar-refractivity contribution in [2.24, 2.45) is 0 Å². The van der Waals surface area contributed by atoms with Crippen molar-refractivity contribution in [2.45, 2.75) is 119 Å². The lowest BCUT2D eigenvalue weighted by Gasteiger charge is -2.27. The minimum absolute atomic E-state index is 0.136. The minimum atomic E-state index is -0.204. The highest BCUT2D eigenvalue weighted by Gasteiger charge is 2.27. The summed E-state index contributed by atoms with van der Waals surface area (Å²) in [5.41, 5.74) is 11.2. The molecule has 0 atom stereocenters. The van der Waals surface area contributed by atoms with Crippen LogP contribution in [0, 0.1) is 0 Å². The van der Waals surface area contributed by atoms with Crippen LogP contribution in [-0.2, 0) is 68.7 Å². The third kappa shape index (κ3) is 13.9. The molecular weight excluding hydrogens is 809 g/mol. The number of benzene rings is 4. The van der Waals surface area contributed by atoms with Gasteiger partial charge in [0.05, 0.1) is 39.6 Å². The molecule has 0 fully saturated rings. The molecule has 0 spiro atoms. The van der Waals surface area contributed by atoms with E-state index in [0.29, 0.717) is 105 Å². The Hall–Kier alpha value is -4.16. The van der Waals surface area contributed by atoms with E-state index in [-0.39, 0.29) is 24.0 Å². The van der Waals surface area contributed by atoms with Crippen LogP contribution < -0.4 is 18.9 Å². The summed E-state index contributed by atoms with van der Waals surface area (Å²) in [6, 6.07) is 17.3. The molecular formula is C54H76O10. The van der Waals surface area contributed by atoms with Crippen molar-refractivity contribution in [2.75, 3.05) is 79.3 Å². The Balaban J connectivity index is 1.91. The van der Waals surface area contributed by atoms with Gasteiger partial charge in [0.1, 0.15) is 49.4 Å². The van der Waals surface area contributed by atoms with Gasteiger partial charge in [-0.1, -0.05) is 65.8 Å². The van der Waals surface area contributed by atoms with Gasteiger partial charge in [-0.05, 0) is 130 Å². The van der Waals surface area contributed by atoms with E-state index in [1.54, 1.807) is 0 Å². The predicted octanol–water partition coefficient (Wildman–Crippen LogP) is 9.60. The lowest BCUT2D eigenvalue weighted by atomic mass is 9.81. The average Bonchev–Trinajstić information content (AvgIpc) is 3.25. The molecule has 0 amide bonds. The van der Waals surface area contributed by atoms with Crippen molar-refractivity contribution in [3.05, 3.63) is 115 Å². The fourth-order valence-corrected chi connectivity index (χ4v) is 8.21. The van der Waals surface area contributed by atoms with E-state index < -0.39 is 0 Å². The maximum Gasteiger partial charge on any atom is 0.126 e. The molecule has 0 saturated heterocycles. The van der Waals surface area contributed by atoms with Crippen molar-refractivity contribution < 1.29 is 48.1 Å². The summed E-state index contributed by atoms with van der Waals surface area (Å²) in [5.74, 6) is 3.07. The van der Waals surface area contributed by atoms with Gasteiger partial charge in [-0.25, -0.2) is 0 Å². The molecule has 64 heavy (non-hydrogen) atoms. The number of aliphatic hydroxyl groups is 2. The van der Waals surface area contributed by atoms with Crippen LogP contribution in [0.15, 0.2) is 48.5 Å². The predicted molar refractivity (Wildman–Crippen MR) is 254 cm³/mol. The van der Waals surface area contributed by atoms with Gasteiger partial charge in [-0.2, -0.15) is 0 Å². The molecule has 0 heterocycles. The quantitative estimate of drug-likeness (QED) is 0.0652. The second-order valence-corrected chi connectivity index (χ2v) is 18.4. The summed E-state index contributed by atoms with van der Waals surface area (Å²) >= 11 is 0. The van der Waals surface area contributed by atoms with E-state index in [0.717, 1.165) is 89.8 Å². The number of aliphatic hydroxyl groups excluding tert-OH is 2. The summed E-state index contributed by atoms with van der Waals surface area (Å²) in [4.78, 5) is 0. The van der Waals surface area contributed by atoms with Gasteiger partial charge in [-0.3, -0.25) is 0 Å². The molecule has 0 aromatic heterocycles. The van der Waals surface area contributed by atoms with Crippen molar-refractivity contribution in [3.8, 4) is 23.0 Å². The van der Waals surface area contributed by atoms with Crippen LogP contribution in [-0.4, -0.2) is 89.5 Å². The molecule has 8 bridgehead atoms. The largest absolute Gasteiger partial charge is 0.491 e. The topological polar surface area (TPSA) is 114 Å². The van der Waals surface area contributed by atoms with Gasteiger partial charge in [0.15, 0.2) is 0 Å². The van der Waals surface area contributed by atoms with Gasteiger partial charge in [0.25, 0.3) is 0 Å². The molecule has 352 valence electrons. The number of hydrogen-bond donors (Lipinski definition) is 2. The maximum atomic E-state index is 10.9. The van der Waals surface area contributed by atoms with Crippen LogP contribution >= 0.6 is 0 Å². The van der Waals surface area contributed by atoms with Gasteiger partial charge >= 0.3 is 0 Å². The Labute approximate surface area is 383 Å². The molecule has 1 aliphatic rings.